The van der Waals surface area contributed by atoms with Crippen molar-refractivity contribution in [2.45, 2.75) is 0 Å². The molecule has 4 nitrogen and oxygen atoms in total. The van der Waals surface area contributed by atoms with Crippen molar-refractivity contribution < 1.29 is 0 Å². The lowest BCUT2D eigenvalue weighted by atomic mass is 10.1. The van der Waals surface area contributed by atoms with Crippen molar-refractivity contribution in [3.05, 3.63) is 291 Å². The molecule has 0 fully saturated rings. The minimum absolute atomic E-state index is 0.632. The number of fused-ring (bicyclic) bond motifs is 8. The summed E-state index contributed by atoms with van der Waals surface area (Å²) in [5, 5.41) is 15.6. The lowest BCUT2D eigenvalue weighted by Gasteiger charge is -2.39. The fourth-order valence-electron chi connectivity index (χ4n) is 13.0. The van der Waals surface area contributed by atoms with Gasteiger partial charge in [-0.05, 0) is 71.8 Å². The monoisotopic (exact) mass is 1000 g/mol. The van der Waals surface area contributed by atoms with Gasteiger partial charge < -0.3 is 4.57 Å². The molecular formula is C70H48N4Si2. The summed E-state index contributed by atoms with van der Waals surface area (Å²) in [6.45, 7) is 0. The van der Waals surface area contributed by atoms with E-state index in [2.05, 4.69) is 300 Å². The van der Waals surface area contributed by atoms with Crippen LogP contribution in [0.1, 0.15) is 0 Å². The van der Waals surface area contributed by atoms with Crippen molar-refractivity contribution in [3.8, 4) is 34.2 Å². The third-order valence-electron chi connectivity index (χ3n) is 16.2. The molecule has 1 aliphatic rings. The molecule has 1 aliphatic heterocycles. The zero-order valence-electron chi connectivity index (χ0n) is 41.5. The van der Waals surface area contributed by atoms with Crippen LogP contribution < -0.4 is 41.5 Å². The van der Waals surface area contributed by atoms with Crippen LogP contribution in [0.5, 0.6) is 0 Å². The predicted molar refractivity (Wildman–Crippen MR) is 322 cm³/mol. The van der Waals surface area contributed by atoms with E-state index >= 15 is 0 Å². The summed E-state index contributed by atoms with van der Waals surface area (Å²) >= 11 is 0. The zero-order chi connectivity index (χ0) is 50.2. The van der Waals surface area contributed by atoms with Crippen LogP contribution in [0.25, 0.3) is 77.8 Å². The van der Waals surface area contributed by atoms with E-state index in [-0.39, 0.29) is 0 Å². The molecule has 356 valence electrons. The average molecular weight is 1000 g/mol. The Hall–Kier alpha value is -9.47. The number of benzene rings is 11. The number of hydrogen-bond acceptors (Lipinski definition) is 2. The van der Waals surface area contributed by atoms with E-state index in [1.165, 1.54) is 79.8 Å². The second-order valence-electron chi connectivity index (χ2n) is 20.0. The van der Waals surface area contributed by atoms with Gasteiger partial charge >= 0.3 is 0 Å². The summed E-state index contributed by atoms with van der Waals surface area (Å²) in [6, 6.07) is 108. The molecule has 0 bridgehead atoms. The van der Waals surface area contributed by atoms with Crippen LogP contribution in [0.4, 0.5) is 0 Å². The van der Waals surface area contributed by atoms with Gasteiger partial charge in [0.1, 0.15) is 0 Å². The average Bonchev–Trinajstić information content (AvgIpc) is 4.22. The Morgan fingerprint density at radius 2 is 0.737 bits per heavy atom. The Bertz CT molecular complexity index is 4360. The van der Waals surface area contributed by atoms with Crippen molar-refractivity contribution in [3.63, 3.8) is 0 Å². The molecule has 1 atom stereocenters. The summed E-state index contributed by atoms with van der Waals surface area (Å²) in [5.74, 6) is 0.632. The Labute approximate surface area is 443 Å². The summed E-state index contributed by atoms with van der Waals surface area (Å²) in [7, 11) is -5.79. The molecule has 0 amide bonds. The first-order valence-corrected chi connectivity index (χ1v) is 30.2. The van der Waals surface area contributed by atoms with Crippen molar-refractivity contribution in [1.29, 1.82) is 0 Å². The Morgan fingerprint density at radius 1 is 0.303 bits per heavy atom. The molecule has 0 radical (unpaired) electrons. The SMILES string of the molecule is c1ccc([Si](c2ccccc2)(c2ccccc2)c2cccc(-c3cc(-c4ccc([Si]5(c6ccccc6)c6ccccc6-n6c7ccccc7c7cccc5c76)cc4)nc(-n4c5ccccc5c5ccccc54)n3)c2)cc1. The molecule has 0 N–H and O–H groups in total. The van der Waals surface area contributed by atoms with E-state index in [0.29, 0.717) is 5.95 Å². The van der Waals surface area contributed by atoms with Gasteiger partial charge in [-0.1, -0.05) is 261 Å². The first-order valence-electron chi connectivity index (χ1n) is 26.2. The van der Waals surface area contributed by atoms with Crippen LogP contribution in [0.2, 0.25) is 0 Å². The summed E-state index contributed by atoms with van der Waals surface area (Å²) in [5.41, 5.74) is 9.72. The van der Waals surface area contributed by atoms with Gasteiger partial charge in [0.05, 0.1) is 33.5 Å². The van der Waals surface area contributed by atoms with Crippen LogP contribution in [-0.4, -0.2) is 35.2 Å². The highest BCUT2D eigenvalue weighted by molar-refractivity contribution is 7.21. The minimum atomic E-state index is -2.93. The predicted octanol–water partition coefficient (Wildman–Crippen LogP) is 11.1. The van der Waals surface area contributed by atoms with Gasteiger partial charge in [0.25, 0.3) is 0 Å². The number of hydrogen-bond donors (Lipinski definition) is 0. The molecule has 4 heterocycles. The number of nitrogens with zero attached hydrogens (tertiary/aromatic N) is 4. The molecule has 11 aromatic carbocycles. The molecule has 15 rings (SSSR count). The lowest BCUT2D eigenvalue weighted by Crippen LogP contribution is -2.76. The maximum absolute atomic E-state index is 5.61. The van der Waals surface area contributed by atoms with Crippen LogP contribution in [-0.2, 0) is 0 Å². The molecule has 14 aromatic rings. The van der Waals surface area contributed by atoms with E-state index in [9.17, 15) is 0 Å². The fraction of sp³-hybridized carbons (Fsp3) is 0. The zero-order valence-corrected chi connectivity index (χ0v) is 43.5. The second kappa shape index (κ2) is 17.6. The largest absolute Gasteiger partial charge is 0.309 e. The molecule has 1 unspecified atom stereocenters. The van der Waals surface area contributed by atoms with Crippen LogP contribution in [0, 0.1) is 0 Å². The summed E-state index contributed by atoms with van der Waals surface area (Å²) < 4.78 is 4.78. The number of aromatic nitrogens is 4. The van der Waals surface area contributed by atoms with Gasteiger partial charge in [0.2, 0.25) is 5.95 Å². The third kappa shape index (κ3) is 6.48. The van der Waals surface area contributed by atoms with Crippen molar-refractivity contribution >= 4 is 101 Å². The normalized spacial score (nSPS) is 14.1. The Morgan fingerprint density at radius 3 is 1.34 bits per heavy atom. The summed E-state index contributed by atoms with van der Waals surface area (Å²) in [4.78, 5) is 11.2. The Balaban J connectivity index is 0.964. The lowest BCUT2D eigenvalue weighted by molar-refractivity contribution is 0.996. The molecule has 6 heteroatoms. The fourth-order valence-corrected chi connectivity index (χ4v) is 22.9. The van der Waals surface area contributed by atoms with E-state index < -0.39 is 16.1 Å². The topological polar surface area (TPSA) is 35.6 Å². The standard InChI is InChI=1S/C70H48N4Si2/c1-5-24-51(25-6-1)75(52-26-7-2-8-27-52,53-28-9-3-10-29-53)56-32-21-23-50(47-56)62-48-61(71-70(72-62)74-64-38-17-13-33-57(64)58-34-14-18-39-65(58)74)49-43-45-55(46-44-49)76(54-30-11-4-12-31-54)67-41-20-19-40-66(67)73-63-37-16-15-35-59(63)60-36-22-42-68(76)69(60)73/h1-48H. The van der Waals surface area contributed by atoms with Crippen molar-refractivity contribution in [2.24, 2.45) is 0 Å². The molecule has 3 aromatic heterocycles. The van der Waals surface area contributed by atoms with E-state index in [4.69, 9.17) is 9.97 Å². The first-order chi connectivity index (χ1) is 37.7. The highest BCUT2D eigenvalue weighted by Crippen LogP contribution is 2.36. The highest BCUT2D eigenvalue weighted by atomic mass is 28.3. The van der Waals surface area contributed by atoms with Crippen molar-refractivity contribution in [1.82, 2.24) is 19.1 Å². The Kier molecular flexibility index (Phi) is 10.2. The van der Waals surface area contributed by atoms with Crippen molar-refractivity contribution in [2.75, 3.05) is 0 Å². The molecule has 76 heavy (non-hydrogen) atoms. The second-order valence-corrected chi connectivity index (χ2v) is 27.5. The van der Waals surface area contributed by atoms with Gasteiger partial charge in [-0.3, -0.25) is 4.57 Å². The van der Waals surface area contributed by atoms with Gasteiger partial charge in [-0.15, -0.1) is 0 Å². The van der Waals surface area contributed by atoms with Gasteiger partial charge in [0.15, 0.2) is 16.1 Å². The third-order valence-corrected chi connectivity index (χ3v) is 25.8. The molecule has 0 saturated heterocycles. The quantitative estimate of drug-likeness (QED) is 0.107. The minimum Gasteiger partial charge on any atom is -0.309 e. The summed E-state index contributed by atoms with van der Waals surface area (Å²) in [6.07, 6.45) is 0. The maximum Gasteiger partial charge on any atom is 0.235 e. The molecule has 0 spiro atoms. The molecule has 0 aliphatic carbocycles. The molecular weight excluding hydrogens is 953 g/mol. The smallest absolute Gasteiger partial charge is 0.235 e. The van der Waals surface area contributed by atoms with E-state index in [1.54, 1.807) is 0 Å². The van der Waals surface area contributed by atoms with Gasteiger partial charge in [-0.2, -0.15) is 0 Å². The van der Waals surface area contributed by atoms with Crippen LogP contribution >= 0.6 is 0 Å². The van der Waals surface area contributed by atoms with E-state index in [1.807, 2.05) is 0 Å². The van der Waals surface area contributed by atoms with Crippen LogP contribution in [0.15, 0.2) is 291 Å². The molecule has 0 saturated carbocycles. The van der Waals surface area contributed by atoms with Gasteiger partial charge in [-0.25, -0.2) is 9.97 Å². The van der Waals surface area contributed by atoms with E-state index in [0.717, 1.165) is 33.5 Å². The van der Waals surface area contributed by atoms with Crippen LogP contribution in [0.3, 0.4) is 0 Å². The first kappa shape index (κ1) is 44.1. The maximum atomic E-state index is 5.61. The number of para-hydroxylation sites is 5. The highest BCUT2D eigenvalue weighted by Gasteiger charge is 2.48. The van der Waals surface area contributed by atoms with Gasteiger partial charge in [0, 0.05) is 38.4 Å². The number of rotatable bonds is 9.